The lowest BCUT2D eigenvalue weighted by atomic mass is 9.85. The molecule has 0 heterocycles. The van der Waals surface area contributed by atoms with Gasteiger partial charge in [0.15, 0.2) is 0 Å². The Kier molecular flexibility index (Phi) is 2.85. The Hall–Kier alpha value is -0.790. The minimum absolute atomic E-state index is 0.0392. The summed E-state index contributed by atoms with van der Waals surface area (Å²) in [7, 11) is 0. The van der Waals surface area contributed by atoms with Gasteiger partial charge in [0.25, 0.3) is 0 Å². The maximum Gasteiger partial charge on any atom is 0.331 e. The van der Waals surface area contributed by atoms with Gasteiger partial charge in [-0.3, -0.25) is 0 Å². The molecule has 0 aromatic heterocycles. The van der Waals surface area contributed by atoms with Crippen LogP contribution in [0.15, 0.2) is 11.1 Å². The van der Waals surface area contributed by atoms with Gasteiger partial charge in [0.2, 0.25) is 0 Å². The number of hydrogen-bond donors (Lipinski definition) is 1. The van der Waals surface area contributed by atoms with Crippen LogP contribution in [0.4, 0.5) is 0 Å². The predicted octanol–water partition coefficient (Wildman–Crippen LogP) is 2.45. The van der Waals surface area contributed by atoms with Crippen LogP contribution in [-0.2, 0) is 4.79 Å². The largest absolute Gasteiger partial charge is 0.478 e. The van der Waals surface area contributed by atoms with E-state index in [9.17, 15) is 4.79 Å². The van der Waals surface area contributed by atoms with Gasteiger partial charge in [-0.1, -0.05) is 26.3 Å². The van der Waals surface area contributed by atoms with Gasteiger partial charge in [-0.2, -0.15) is 0 Å². The summed E-state index contributed by atoms with van der Waals surface area (Å²) in [5.74, 6) is -0.822. The molecule has 1 N–H and O–H groups in total. The zero-order valence-electron chi connectivity index (χ0n) is 7.86. The Balaban J connectivity index is 4.82. The van der Waals surface area contributed by atoms with E-state index in [2.05, 4.69) is 0 Å². The van der Waals surface area contributed by atoms with E-state index < -0.39 is 5.97 Å². The predicted molar refractivity (Wildman–Crippen MR) is 45.5 cm³/mol. The highest BCUT2D eigenvalue weighted by Crippen LogP contribution is 2.27. The smallest absolute Gasteiger partial charge is 0.331 e. The standard InChI is InChI=1S/C9H16O2/c1-6(8(10)11)7(2)9(3,4)5/h1-5H3,(H,10,11)/b7-6+. The topological polar surface area (TPSA) is 37.3 Å². The van der Waals surface area contributed by atoms with Gasteiger partial charge in [0.1, 0.15) is 0 Å². The molecule has 64 valence electrons. The summed E-state index contributed by atoms with van der Waals surface area (Å²) >= 11 is 0. The lowest BCUT2D eigenvalue weighted by Crippen LogP contribution is -2.12. The van der Waals surface area contributed by atoms with Crippen molar-refractivity contribution < 1.29 is 9.90 Å². The van der Waals surface area contributed by atoms with Crippen molar-refractivity contribution in [2.75, 3.05) is 0 Å². The van der Waals surface area contributed by atoms with E-state index in [-0.39, 0.29) is 5.41 Å². The summed E-state index contributed by atoms with van der Waals surface area (Å²) in [5, 5.41) is 8.66. The summed E-state index contributed by atoms with van der Waals surface area (Å²) in [6, 6.07) is 0. The van der Waals surface area contributed by atoms with Crippen molar-refractivity contribution in [3.63, 3.8) is 0 Å². The summed E-state index contributed by atoms with van der Waals surface area (Å²) < 4.78 is 0. The number of carboxylic acids is 1. The highest BCUT2D eigenvalue weighted by Gasteiger charge is 2.17. The molecule has 0 aliphatic heterocycles. The molecule has 0 amide bonds. The van der Waals surface area contributed by atoms with Crippen molar-refractivity contribution in [3.05, 3.63) is 11.1 Å². The van der Waals surface area contributed by atoms with Gasteiger partial charge in [-0.25, -0.2) is 4.79 Å². The fourth-order valence-corrected chi connectivity index (χ4v) is 0.723. The van der Waals surface area contributed by atoms with Crippen LogP contribution in [0.25, 0.3) is 0 Å². The molecule has 11 heavy (non-hydrogen) atoms. The quantitative estimate of drug-likeness (QED) is 0.592. The van der Waals surface area contributed by atoms with E-state index in [1.54, 1.807) is 6.92 Å². The van der Waals surface area contributed by atoms with E-state index in [0.717, 1.165) is 5.57 Å². The number of carboxylic acid groups (broad SMARTS) is 1. The van der Waals surface area contributed by atoms with Crippen molar-refractivity contribution in [2.24, 2.45) is 5.41 Å². The second-order valence-electron chi connectivity index (χ2n) is 3.81. The van der Waals surface area contributed by atoms with Gasteiger partial charge >= 0.3 is 5.97 Å². The molecule has 0 radical (unpaired) electrons. The van der Waals surface area contributed by atoms with Crippen LogP contribution in [0.2, 0.25) is 0 Å². The Morgan fingerprint density at radius 3 is 1.64 bits per heavy atom. The molecular formula is C9H16O2. The Morgan fingerprint density at radius 1 is 1.18 bits per heavy atom. The molecule has 0 bridgehead atoms. The maximum absolute atomic E-state index is 10.5. The monoisotopic (exact) mass is 156 g/mol. The van der Waals surface area contributed by atoms with Crippen LogP contribution in [0.1, 0.15) is 34.6 Å². The van der Waals surface area contributed by atoms with Gasteiger partial charge in [0.05, 0.1) is 0 Å². The van der Waals surface area contributed by atoms with Crippen LogP contribution in [0, 0.1) is 5.41 Å². The minimum atomic E-state index is -0.822. The Labute approximate surface area is 67.9 Å². The molecule has 0 saturated carbocycles. The van der Waals surface area contributed by atoms with E-state index in [1.165, 1.54) is 0 Å². The van der Waals surface area contributed by atoms with Crippen LogP contribution in [0.3, 0.4) is 0 Å². The highest BCUT2D eigenvalue weighted by molar-refractivity contribution is 5.86. The molecule has 0 unspecified atom stereocenters. The molecule has 0 spiro atoms. The zero-order chi connectivity index (χ0) is 9.23. The number of aliphatic carboxylic acids is 1. The SMILES string of the molecule is C/C(C(=O)O)=C(/C)C(C)(C)C. The van der Waals surface area contributed by atoms with E-state index >= 15 is 0 Å². The third kappa shape index (κ3) is 2.74. The van der Waals surface area contributed by atoms with Gasteiger partial charge < -0.3 is 5.11 Å². The maximum atomic E-state index is 10.5. The van der Waals surface area contributed by atoms with Gasteiger partial charge in [-0.05, 0) is 19.3 Å². The number of allylic oxidation sites excluding steroid dienone is 1. The highest BCUT2D eigenvalue weighted by atomic mass is 16.4. The number of hydrogen-bond acceptors (Lipinski definition) is 1. The fraction of sp³-hybridized carbons (Fsp3) is 0.667. The lowest BCUT2D eigenvalue weighted by Gasteiger charge is -2.20. The number of rotatable bonds is 1. The molecule has 0 saturated heterocycles. The Morgan fingerprint density at radius 2 is 1.55 bits per heavy atom. The minimum Gasteiger partial charge on any atom is -0.478 e. The summed E-state index contributed by atoms with van der Waals surface area (Å²) in [6.45, 7) is 9.53. The summed E-state index contributed by atoms with van der Waals surface area (Å²) in [5.41, 5.74) is 1.35. The van der Waals surface area contributed by atoms with Crippen LogP contribution in [0.5, 0.6) is 0 Å². The van der Waals surface area contributed by atoms with Crippen molar-refractivity contribution in [1.82, 2.24) is 0 Å². The first kappa shape index (κ1) is 10.2. The molecular weight excluding hydrogens is 140 g/mol. The second kappa shape index (κ2) is 3.07. The van der Waals surface area contributed by atoms with E-state index in [4.69, 9.17) is 5.11 Å². The molecule has 0 aromatic rings. The first-order valence-electron chi connectivity index (χ1n) is 3.68. The first-order chi connectivity index (χ1) is 4.76. The third-order valence-electron chi connectivity index (χ3n) is 2.01. The fourth-order valence-electron chi connectivity index (χ4n) is 0.723. The molecule has 0 fully saturated rings. The summed E-state index contributed by atoms with van der Waals surface area (Å²) in [4.78, 5) is 10.5. The van der Waals surface area contributed by atoms with Crippen LogP contribution in [-0.4, -0.2) is 11.1 Å². The lowest BCUT2D eigenvalue weighted by molar-refractivity contribution is -0.132. The molecule has 0 atom stereocenters. The first-order valence-corrected chi connectivity index (χ1v) is 3.68. The normalized spacial score (nSPS) is 14.3. The van der Waals surface area contributed by atoms with Crippen LogP contribution >= 0.6 is 0 Å². The molecule has 0 aromatic carbocycles. The Bertz CT molecular complexity index is 194. The zero-order valence-corrected chi connectivity index (χ0v) is 7.86. The van der Waals surface area contributed by atoms with E-state index in [0.29, 0.717) is 5.57 Å². The molecule has 0 rings (SSSR count). The summed E-state index contributed by atoms with van der Waals surface area (Å²) in [6.07, 6.45) is 0. The van der Waals surface area contributed by atoms with E-state index in [1.807, 2.05) is 27.7 Å². The average Bonchev–Trinajstić information content (AvgIpc) is 1.82. The average molecular weight is 156 g/mol. The van der Waals surface area contributed by atoms with Crippen molar-refractivity contribution >= 4 is 5.97 Å². The second-order valence-corrected chi connectivity index (χ2v) is 3.81. The molecule has 2 nitrogen and oxygen atoms in total. The van der Waals surface area contributed by atoms with Gasteiger partial charge in [-0.15, -0.1) is 0 Å². The molecule has 0 aliphatic rings. The van der Waals surface area contributed by atoms with Gasteiger partial charge in [0, 0.05) is 5.57 Å². The van der Waals surface area contributed by atoms with Crippen molar-refractivity contribution in [2.45, 2.75) is 34.6 Å². The van der Waals surface area contributed by atoms with Crippen molar-refractivity contribution in [1.29, 1.82) is 0 Å². The number of carbonyl (C=O) groups is 1. The molecule has 2 heteroatoms. The molecule has 0 aliphatic carbocycles. The van der Waals surface area contributed by atoms with Crippen LogP contribution < -0.4 is 0 Å². The third-order valence-corrected chi connectivity index (χ3v) is 2.01. The van der Waals surface area contributed by atoms with Crippen molar-refractivity contribution in [3.8, 4) is 0 Å².